The number of benzene rings is 6. The molecule has 6 aromatic rings. The van der Waals surface area contributed by atoms with Crippen LogP contribution in [0, 0.1) is 102 Å². The normalized spacial score (nSPS) is 29.6. The Morgan fingerprint density at radius 1 is 0.448 bits per heavy atom. The number of halogens is 5. The number of nitrogens with one attached hydrogen (secondary N) is 5. The summed E-state index contributed by atoms with van der Waals surface area (Å²) in [7, 11) is 0. The monoisotopic (exact) mass is 2150 g/mol. The Morgan fingerprint density at radius 2 is 0.858 bits per heavy atom. The Labute approximate surface area is 838 Å². The van der Waals surface area contributed by atoms with E-state index in [4.69, 9.17) is 18.9 Å². The molecule has 10 aliphatic carbocycles. The number of anilines is 2. The molecule has 16 unspecified atom stereocenters. The number of ketones is 4. The number of fused-ring (bicyclic) bond motifs is 10. The number of carbonyl (C=O) groups excluding carboxylic acids is 8. The zero-order valence-corrected chi connectivity index (χ0v) is 88.1. The average molecular weight is 2160 g/mol. The van der Waals surface area contributed by atoms with Gasteiger partial charge in [0, 0.05) is 96.6 Å². The van der Waals surface area contributed by atoms with Crippen molar-refractivity contribution in [1.29, 1.82) is 0 Å². The third-order valence-electron chi connectivity index (χ3n) is 33.6. The molecule has 0 aliphatic heterocycles. The third kappa shape index (κ3) is 22.3. The second kappa shape index (κ2) is 41.7. The van der Waals surface area contributed by atoms with E-state index in [-0.39, 0.29) is 162 Å². The number of rotatable bonds is 22. The molecule has 20 nitrogen and oxygen atoms in total. The van der Waals surface area contributed by atoms with Crippen LogP contribution in [0.1, 0.15) is 320 Å². The van der Waals surface area contributed by atoms with E-state index in [2.05, 4.69) is 187 Å². The molecule has 0 bridgehead atoms. The minimum absolute atomic E-state index is 0. The first-order chi connectivity index (χ1) is 62.4. The van der Waals surface area contributed by atoms with Crippen LogP contribution in [0.25, 0.3) is 0 Å². The van der Waals surface area contributed by atoms with E-state index in [0.29, 0.717) is 102 Å². The highest BCUT2D eigenvalue weighted by Crippen LogP contribution is 2.67. The van der Waals surface area contributed by atoms with Crippen LogP contribution in [-0.2, 0) is 31.8 Å². The van der Waals surface area contributed by atoms with Crippen molar-refractivity contribution < 1.29 is 89.8 Å². The standard InChI is InChI=1S/2C54H69Br2N3O7.CH4.BrH/c2*1-31(2)32-13-15-38-33(23-32)14-18-44-53(6,20-10-21-54(38,44)7)30-66-49(63)57-29-52(5)27-35(26-51(3,4)28-52)58-50(64)65-22-19-34-24-42(40(56)25-39(34)55)59-41-16-17-43(60)46-45(41)47(61)36-11-8-9-12-37(36)48(46)62;;/h2*8-9,11-12,16-17,24-25,31-33,35,38,44,59-60H,10,13-15,18-23,26-30H2,1-7H3,(H,57,63)(H,58,64);1H4;1H. The molecule has 0 radical (unpaired) electrons. The fourth-order valence-electron chi connectivity index (χ4n) is 28.1. The van der Waals surface area contributed by atoms with Crippen molar-refractivity contribution in [2.75, 3.05) is 44.8 Å². The summed E-state index contributed by atoms with van der Waals surface area (Å²) >= 11 is 14.6. The zero-order chi connectivity index (χ0) is 94.7. The van der Waals surface area contributed by atoms with Crippen molar-refractivity contribution in [2.45, 2.75) is 271 Å². The third-order valence-corrected chi connectivity index (χ3v) is 36.4. The molecule has 0 aromatic heterocycles. The van der Waals surface area contributed by atoms with Gasteiger partial charge < -0.3 is 72.7 Å². The second-order valence-electron chi connectivity index (χ2n) is 45.5. The molecular weight excluding hydrogens is 2020 g/mol. The Morgan fingerprint density at radius 3 is 1.31 bits per heavy atom. The van der Waals surface area contributed by atoms with Gasteiger partial charge in [-0.3, -0.25) is 24.5 Å². The molecule has 9 N–H and O–H groups in total. The number of phenols is 2. The molecule has 6 aromatic carbocycles. The molecule has 8 saturated carbocycles. The summed E-state index contributed by atoms with van der Waals surface area (Å²) in [6, 6.07) is 26.7. The van der Waals surface area contributed by atoms with E-state index in [0.717, 1.165) is 116 Å². The number of nitrogens with two attached hydrogens (primary N) is 1. The maximum absolute atomic E-state index is 13.7. The molecule has 0 spiro atoms. The van der Waals surface area contributed by atoms with E-state index in [9.17, 15) is 48.6 Å². The summed E-state index contributed by atoms with van der Waals surface area (Å²) in [5, 5.41) is 39.1. The highest BCUT2D eigenvalue weighted by Gasteiger charge is 2.60. The van der Waals surface area contributed by atoms with Crippen molar-refractivity contribution in [3.05, 3.63) is 171 Å². The van der Waals surface area contributed by atoms with Gasteiger partial charge in [0.05, 0.1) is 64.5 Å². The van der Waals surface area contributed by atoms with Gasteiger partial charge in [0.25, 0.3) is 0 Å². The summed E-state index contributed by atoms with van der Waals surface area (Å²) < 4.78 is 26.9. The smallest absolute Gasteiger partial charge is 0.407 e. The molecule has 16 rings (SSSR count). The molecule has 16 atom stereocenters. The number of hydrogen-bond acceptors (Lipinski definition) is 15. The predicted octanol–water partition coefficient (Wildman–Crippen LogP) is 23.0. The zero-order valence-electron chi connectivity index (χ0n) is 80.1. The number of alkyl carbamates (subject to hydrolysis) is 4. The number of ether oxygens (including phenoxy) is 4. The van der Waals surface area contributed by atoms with Crippen LogP contribution in [0.3, 0.4) is 0 Å². The molecule has 10 aliphatic rings. The number of phenolic OH excluding ortho intramolecular Hbond substituents is 2. The first-order valence-electron chi connectivity index (χ1n) is 48.7. The van der Waals surface area contributed by atoms with Crippen molar-refractivity contribution in [2.24, 2.45) is 102 Å². The number of quaternary nitrogens is 1. The average Bonchev–Trinajstić information content (AvgIpc) is 0.708. The van der Waals surface area contributed by atoms with Crippen LogP contribution < -0.4 is 48.9 Å². The molecule has 728 valence electrons. The van der Waals surface area contributed by atoms with Crippen LogP contribution in [0.4, 0.5) is 41.9 Å². The van der Waals surface area contributed by atoms with Gasteiger partial charge in [-0.15, -0.1) is 0 Å². The maximum Gasteiger partial charge on any atom is 0.407 e. The van der Waals surface area contributed by atoms with Crippen LogP contribution in [-0.4, -0.2) is 109 Å². The van der Waals surface area contributed by atoms with Gasteiger partial charge >= 0.3 is 24.4 Å². The van der Waals surface area contributed by atoms with Gasteiger partial charge in [-0.05, 0) is 299 Å². The summed E-state index contributed by atoms with van der Waals surface area (Å²) in [5.74, 6) is 5.68. The highest BCUT2D eigenvalue weighted by atomic mass is 79.9. The SMILES string of the molecule is C.CC(C)C1CCC2C(CCC3C(C)(COC(=O)NCC4(C)CC(NC(=O)OCCc5cc(Nc6ccc(O)c7c6C(=O)c6ccccc6C7=O)c(Br)cc5Br)CC(C)(C)C4)CCCC23C)C1.CC(C)C1CCC2C(CCC3C(C)(COC(=O)NCC4(C)CC(NC(=O)OCCc5cc([NH2+]c6ccc(O)c7c6C(=O)c6ccccc6C7=O)c(Br)cc5Br)CC(C)(C)C4)CCCC23C)C1.[Br-]. The largest absolute Gasteiger partial charge is 1.00 e. The fraction of sp³-hybridized carbons (Fsp3) is 0.596. The van der Waals surface area contributed by atoms with E-state index < -0.39 is 18.0 Å². The van der Waals surface area contributed by atoms with E-state index >= 15 is 0 Å². The Kier molecular flexibility index (Phi) is 32.4. The van der Waals surface area contributed by atoms with Crippen LogP contribution in [0.2, 0.25) is 0 Å². The summed E-state index contributed by atoms with van der Waals surface area (Å²) in [6.45, 7) is 34.8. The summed E-state index contributed by atoms with van der Waals surface area (Å²) in [6.07, 6.45) is 24.4. The van der Waals surface area contributed by atoms with Crippen molar-refractivity contribution in [3.63, 3.8) is 0 Å². The summed E-state index contributed by atoms with van der Waals surface area (Å²) in [4.78, 5) is 108. The van der Waals surface area contributed by atoms with Crippen molar-refractivity contribution >= 4 is 134 Å². The minimum atomic E-state index is -0.493. The van der Waals surface area contributed by atoms with Gasteiger partial charge in [-0.2, -0.15) is 0 Å². The topological polar surface area (TPSA) is 291 Å². The minimum Gasteiger partial charge on any atom is -1.00 e. The van der Waals surface area contributed by atoms with E-state index in [1.807, 2.05) is 29.6 Å². The van der Waals surface area contributed by atoms with Crippen LogP contribution in [0.15, 0.2) is 115 Å². The number of amides is 4. The number of hydrogen-bond donors (Lipinski definition) is 8. The van der Waals surface area contributed by atoms with Gasteiger partial charge in [-0.25, -0.2) is 19.2 Å². The molecular formula is C109H143Br5N6O14. The lowest BCUT2D eigenvalue weighted by Crippen LogP contribution is -3.00. The van der Waals surface area contributed by atoms with Crippen LogP contribution in [0.5, 0.6) is 11.5 Å². The fourth-order valence-corrected chi connectivity index (χ4v) is 30.7. The molecule has 0 saturated heterocycles. The number of aromatic hydroxyl groups is 2. The summed E-state index contributed by atoms with van der Waals surface area (Å²) in [5.41, 5.74) is 5.30. The molecule has 0 heterocycles. The lowest BCUT2D eigenvalue weighted by atomic mass is 9.44. The molecule has 8 fully saturated rings. The second-order valence-corrected chi connectivity index (χ2v) is 48.9. The highest BCUT2D eigenvalue weighted by molar-refractivity contribution is 9.11. The van der Waals surface area contributed by atoms with Crippen molar-refractivity contribution in [1.82, 2.24) is 21.3 Å². The molecule has 4 amide bonds. The molecule has 134 heavy (non-hydrogen) atoms. The first kappa shape index (κ1) is 104. The Hall–Kier alpha value is -7.16. The van der Waals surface area contributed by atoms with E-state index in [1.165, 1.54) is 102 Å². The first-order valence-corrected chi connectivity index (χ1v) is 51.9. The Balaban J connectivity index is 0.000000224. The van der Waals surface area contributed by atoms with Gasteiger partial charge in [0.2, 0.25) is 5.78 Å². The molecule has 25 heteroatoms. The van der Waals surface area contributed by atoms with Crippen LogP contribution >= 0.6 is 63.7 Å². The Bertz CT molecular complexity index is 5100. The maximum atomic E-state index is 13.7. The van der Waals surface area contributed by atoms with Gasteiger partial charge in [0.1, 0.15) is 22.9 Å². The van der Waals surface area contributed by atoms with E-state index in [1.54, 1.807) is 60.7 Å². The lowest BCUT2D eigenvalue weighted by Gasteiger charge is -2.61. The predicted molar refractivity (Wildman–Crippen MR) is 536 cm³/mol. The van der Waals surface area contributed by atoms with Gasteiger partial charge in [0.15, 0.2) is 17.3 Å². The van der Waals surface area contributed by atoms with Crippen molar-refractivity contribution in [3.8, 4) is 11.5 Å². The number of carbonyl (C=O) groups is 8. The quantitative estimate of drug-likeness (QED) is 0.0178. The lowest BCUT2D eigenvalue weighted by molar-refractivity contribution is -0.479. The van der Waals surface area contributed by atoms with Gasteiger partial charge in [-0.1, -0.05) is 198 Å².